The third-order valence-electron chi connectivity index (χ3n) is 10.2. The van der Waals surface area contributed by atoms with E-state index in [9.17, 15) is 9.90 Å². The van der Waals surface area contributed by atoms with Crippen LogP contribution < -0.4 is 0 Å². The van der Waals surface area contributed by atoms with Crippen LogP contribution >= 0.6 is 0 Å². The predicted molar refractivity (Wildman–Crippen MR) is 233 cm³/mol. The van der Waals surface area contributed by atoms with Crippen molar-refractivity contribution in [3.05, 3.63) is 48.6 Å². The molecule has 0 aromatic carbocycles. The molecule has 53 heavy (non-hydrogen) atoms. The van der Waals surface area contributed by atoms with Crippen molar-refractivity contribution in [3.63, 3.8) is 0 Å². The molecule has 1 atom stereocenters. The van der Waals surface area contributed by atoms with Crippen molar-refractivity contribution in [2.24, 2.45) is 0 Å². The topological polar surface area (TPSA) is 55.8 Å². The van der Waals surface area contributed by atoms with E-state index >= 15 is 0 Å². The summed E-state index contributed by atoms with van der Waals surface area (Å²) in [6, 6.07) is 0. The van der Waals surface area contributed by atoms with Crippen LogP contribution in [0.15, 0.2) is 48.6 Å². The first-order valence-electron chi connectivity index (χ1n) is 23.2. The molecule has 4 heteroatoms. The Morgan fingerprint density at radius 1 is 0.472 bits per heavy atom. The van der Waals surface area contributed by atoms with E-state index in [4.69, 9.17) is 9.47 Å². The number of rotatable bonds is 43. The van der Waals surface area contributed by atoms with Gasteiger partial charge in [-0.05, 0) is 51.4 Å². The van der Waals surface area contributed by atoms with Crippen molar-refractivity contribution in [2.45, 2.75) is 238 Å². The molecule has 0 bridgehead atoms. The van der Waals surface area contributed by atoms with Gasteiger partial charge in [-0.15, -0.1) is 0 Å². The molecule has 1 unspecified atom stereocenters. The lowest BCUT2D eigenvalue weighted by Crippen LogP contribution is -2.27. The lowest BCUT2D eigenvalue weighted by atomic mass is 10.0. The van der Waals surface area contributed by atoms with Gasteiger partial charge in [0.05, 0.1) is 13.2 Å². The molecule has 0 amide bonds. The molecule has 0 spiro atoms. The number of esters is 1. The van der Waals surface area contributed by atoms with E-state index in [0.717, 1.165) is 44.9 Å². The van der Waals surface area contributed by atoms with Gasteiger partial charge < -0.3 is 14.6 Å². The third kappa shape index (κ3) is 44.6. The number of carbonyl (C=O) groups excluding carboxylic acids is 1. The zero-order valence-electron chi connectivity index (χ0n) is 35.5. The normalized spacial score (nSPS) is 12.7. The van der Waals surface area contributed by atoms with Crippen LogP contribution in [0.2, 0.25) is 0 Å². The average molecular weight is 743 g/mol. The standard InChI is InChI=1S/C49H90O4/c1-3-5-7-9-11-13-15-17-19-21-23-25-26-28-30-32-34-36-38-40-42-44-49(51)53-48(46-50)47-52-45-43-41-39-37-35-33-31-29-27-24-22-20-18-16-14-12-10-8-6-4-2/h6,8,12,14,18,20,24,27,48,50H,3-5,7,9-11,13,15-17,19,21-23,25-26,28-47H2,1-2H3/b8-6-,14-12-,20-18-,27-24-. The van der Waals surface area contributed by atoms with Crippen LogP contribution in [0.4, 0.5) is 0 Å². The number of hydrogen-bond acceptors (Lipinski definition) is 4. The first kappa shape index (κ1) is 51.4. The molecule has 0 aliphatic heterocycles. The van der Waals surface area contributed by atoms with E-state index in [1.54, 1.807) is 0 Å². The van der Waals surface area contributed by atoms with Crippen molar-refractivity contribution >= 4 is 5.97 Å². The van der Waals surface area contributed by atoms with E-state index in [1.165, 1.54) is 167 Å². The highest BCUT2D eigenvalue weighted by molar-refractivity contribution is 5.69. The molecule has 0 fully saturated rings. The third-order valence-corrected chi connectivity index (χ3v) is 10.2. The highest BCUT2D eigenvalue weighted by atomic mass is 16.6. The van der Waals surface area contributed by atoms with Gasteiger partial charge >= 0.3 is 5.97 Å². The Balaban J connectivity index is 3.42. The summed E-state index contributed by atoms with van der Waals surface area (Å²) in [6.07, 6.45) is 60.4. The highest BCUT2D eigenvalue weighted by Gasteiger charge is 2.13. The fourth-order valence-corrected chi connectivity index (χ4v) is 6.73. The smallest absolute Gasteiger partial charge is 0.306 e. The molecule has 4 nitrogen and oxygen atoms in total. The van der Waals surface area contributed by atoms with Crippen molar-refractivity contribution in [1.82, 2.24) is 0 Å². The van der Waals surface area contributed by atoms with E-state index in [-0.39, 0.29) is 12.6 Å². The second kappa shape index (κ2) is 46.5. The minimum Gasteiger partial charge on any atom is -0.457 e. The first-order chi connectivity index (χ1) is 26.2. The molecular weight excluding hydrogens is 653 g/mol. The minimum atomic E-state index is -0.539. The molecule has 0 aromatic heterocycles. The Kier molecular flexibility index (Phi) is 45.1. The van der Waals surface area contributed by atoms with Gasteiger partial charge in [-0.3, -0.25) is 4.79 Å². The second-order valence-electron chi connectivity index (χ2n) is 15.5. The van der Waals surface area contributed by atoms with Gasteiger partial charge in [0.1, 0.15) is 6.10 Å². The maximum absolute atomic E-state index is 12.2. The van der Waals surface area contributed by atoms with Gasteiger partial charge in [0.15, 0.2) is 0 Å². The number of carbonyl (C=O) groups is 1. The second-order valence-corrected chi connectivity index (χ2v) is 15.5. The summed E-state index contributed by atoms with van der Waals surface area (Å²) < 4.78 is 11.2. The van der Waals surface area contributed by atoms with Crippen molar-refractivity contribution in [2.75, 3.05) is 19.8 Å². The predicted octanol–water partition coefficient (Wildman–Crippen LogP) is 15.4. The molecule has 0 saturated carbocycles. The summed E-state index contributed by atoms with van der Waals surface area (Å²) in [5.74, 6) is -0.201. The molecule has 0 rings (SSSR count). The first-order valence-corrected chi connectivity index (χ1v) is 23.2. The van der Waals surface area contributed by atoms with E-state index in [2.05, 4.69) is 62.5 Å². The van der Waals surface area contributed by atoms with E-state index < -0.39 is 6.10 Å². The number of unbranched alkanes of at least 4 members (excludes halogenated alkanes) is 27. The lowest BCUT2D eigenvalue weighted by Gasteiger charge is -2.16. The molecule has 0 aromatic rings. The van der Waals surface area contributed by atoms with Gasteiger partial charge in [-0.25, -0.2) is 0 Å². The summed E-state index contributed by atoms with van der Waals surface area (Å²) in [5, 5.41) is 9.62. The molecule has 0 radical (unpaired) electrons. The Hall–Kier alpha value is -1.65. The van der Waals surface area contributed by atoms with Gasteiger partial charge in [-0.1, -0.05) is 223 Å². The minimum absolute atomic E-state index is 0.175. The van der Waals surface area contributed by atoms with Gasteiger partial charge in [0.2, 0.25) is 0 Å². The number of allylic oxidation sites excluding steroid dienone is 8. The van der Waals surface area contributed by atoms with Crippen LogP contribution in [-0.2, 0) is 14.3 Å². The maximum Gasteiger partial charge on any atom is 0.306 e. The molecule has 0 saturated heterocycles. The molecule has 310 valence electrons. The van der Waals surface area contributed by atoms with Gasteiger partial charge in [-0.2, -0.15) is 0 Å². The van der Waals surface area contributed by atoms with E-state index in [1.807, 2.05) is 0 Å². The van der Waals surface area contributed by atoms with Crippen molar-refractivity contribution < 1.29 is 19.4 Å². The van der Waals surface area contributed by atoms with E-state index in [0.29, 0.717) is 19.6 Å². The molecule has 1 N–H and O–H groups in total. The summed E-state index contributed by atoms with van der Waals surface area (Å²) in [6.45, 7) is 5.24. The summed E-state index contributed by atoms with van der Waals surface area (Å²) in [5.41, 5.74) is 0. The number of hydrogen-bond donors (Lipinski definition) is 1. The quantitative estimate of drug-likeness (QED) is 0.0384. The van der Waals surface area contributed by atoms with Crippen LogP contribution in [0, 0.1) is 0 Å². The van der Waals surface area contributed by atoms with Gasteiger partial charge in [0.25, 0.3) is 0 Å². The molecule has 0 heterocycles. The fourth-order valence-electron chi connectivity index (χ4n) is 6.73. The number of ether oxygens (including phenoxy) is 2. The lowest BCUT2D eigenvalue weighted by molar-refractivity contribution is -0.154. The Bertz CT molecular complexity index is 828. The van der Waals surface area contributed by atoms with Crippen molar-refractivity contribution in [1.29, 1.82) is 0 Å². The fraction of sp³-hybridized carbons (Fsp3) is 0.816. The zero-order chi connectivity index (χ0) is 38.4. The number of aliphatic hydroxyl groups is 1. The molecular formula is C49H90O4. The average Bonchev–Trinajstić information content (AvgIpc) is 3.16. The SMILES string of the molecule is CC/C=C\C/C=C\C/C=C\C/C=C\CCCCCCCCCOCC(CO)OC(=O)CCCCCCCCCCCCCCCCCCCCCCC. The Morgan fingerprint density at radius 2 is 0.849 bits per heavy atom. The van der Waals surface area contributed by atoms with Crippen LogP contribution in [0.1, 0.15) is 232 Å². The Labute approximate surface area is 331 Å². The monoisotopic (exact) mass is 743 g/mol. The Morgan fingerprint density at radius 3 is 1.28 bits per heavy atom. The van der Waals surface area contributed by atoms with Crippen LogP contribution in [-0.4, -0.2) is 37.0 Å². The molecule has 0 aliphatic carbocycles. The highest BCUT2D eigenvalue weighted by Crippen LogP contribution is 2.16. The largest absolute Gasteiger partial charge is 0.457 e. The molecule has 0 aliphatic rings. The van der Waals surface area contributed by atoms with Crippen LogP contribution in [0.3, 0.4) is 0 Å². The van der Waals surface area contributed by atoms with Crippen LogP contribution in [0.5, 0.6) is 0 Å². The van der Waals surface area contributed by atoms with Crippen molar-refractivity contribution in [3.8, 4) is 0 Å². The number of aliphatic hydroxyl groups excluding tert-OH is 1. The van der Waals surface area contributed by atoms with Crippen LogP contribution in [0.25, 0.3) is 0 Å². The summed E-state index contributed by atoms with van der Waals surface area (Å²) in [7, 11) is 0. The summed E-state index contributed by atoms with van der Waals surface area (Å²) >= 11 is 0. The zero-order valence-corrected chi connectivity index (χ0v) is 35.5. The maximum atomic E-state index is 12.2. The van der Waals surface area contributed by atoms with Gasteiger partial charge in [0, 0.05) is 13.0 Å². The summed E-state index contributed by atoms with van der Waals surface area (Å²) in [4.78, 5) is 12.2.